The molecule has 0 aliphatic heterocycles. The molecule has 7 atom stereocenters. The van der Waals surface area contributed by atoms with E-state index in [0.29, 0.717) is 51.5 Å². The number of aliphatic carboxylic acids is 1. The van der Waals surface area contributed by atoms with E-state index in [0.717, 1.165) is 44.1 Å². The van der Waals surface area contributed by atoms with Crippen LogP contribution in [0.2, 0.25) is 33.2 Å². The second kappa shape index (κ2) is 16.8. The van der Waals surface area contributed by atoms with Gasteiger partial charge in [-0.05, 0) is 113 Å². The van der Waals surface area contributed by atoms with Crippen LogP contribution in [0.25, 0.3) is 0 Å². The van der Waals surface area contributed by atoms with Crippen molar-refractivity contribution in [2.45, 2.75) is 200 Å². The van der Waals surface area contributed by atoms with Crippen LogP contribution >= 0.6 is 0 Å². The van der Waals surface area contributed by atoms with Crippen LogP contribution < -0.4 is 0 Å². The maximum Gasteiger partial charge on any atom is 0.332 e. The first kappa shape index (κ1) is 42.4. The molecule has 0 aromatic heterocycles. The fraction of sp³-hybridized carbons (Fsp3) is 0.833. The van der Waals surface area contributed by atoms with Gasteiger partial charge in [0.2, 0.25) is 16.6 Å². The topological polar surface area (TPSA) is 76.0 Å². The van der Waals surface area contributed by atoms with Crippen LogP contribution in [0.15, 0.2) is 35.5 Å². The monoisotopic (exact) mass is 717 g/mol. The average molecular weight is 717 g/mol. The first-order chi connectivity index (χ1) is 22.7. The Bertz CT molecular complexity index is 1160. The molecule has 0 heterocycles. The zero-order valence-corrected chi connectivity index (χ0v) is 36.1. The third kappa shape index (κ3) is 8.47. The molecule has 5 nitrogen and oxygen atoms in total. The van der Waals surface area contributed by atoms with Crippen molar-refractivity contribution in [2.24, 2.45) is 23.2 Å². The molecular formula is C42H76O5Si2. The molecule has 3 aliphatic carbocycles. The van der Waals surface area contributed by atoms with E-state index in [1.165, 1.54) is 17.6 Å². The Hall–Kier alpha value is -0.996. The Morgan fingerprint density at radius 2 is 1.37 bits per heavy atom. The maximum absolute atomic E-state index is 11.4. The van der Waals surface area contributed by atoms with Crippen molar-refractivity contribution in [1.29, 1.82) is 0 Å². The van der Waals surface area contributed by atoms with Gasteiger partial charge in [0.05, 0.1) is 12.2 Å². The Morgan fingerprint density at radius 1 is 0.857 bits per heavy atom. The van der Waals surface area contributed by atoms with Crippen molar-refractivity contribution in [3.8, 4) is 0 Å². The minimum Gasteiger partial charge on any atom is -0.479 e. The van der Waals surface area contributed by atoms with Crippen LogP contribution in [0.3, 0.4) is 0 Å². The molecule has 0 aromatic carbocycles. The minimum absolute atomic E-state index is 0.0329. The van der Waals surface area contributed by atoms with Gasteiger partial charge in [-0.25, -0.2) is 4.79 Å². The van der Waals surface area contributed by atoms with Gasteiger partial charge in [0.15, 0.2) is 6.10 Å². The van der Waals surface area contributed by atoms with Gasteiger partial charge in [-0.2, -0.15) is 0 Å². The van der Waals surface area contributed by atoms with Crippen molar-refractivity contribution in [1.82, 2.24) is 0 Å². The molecule has 0 spiro atoms. The molecule has 0 aromatic rings. The van der Waals surface area contributed by atoms with Gasteiger partial charge in [0.25, 0.3) is 0 Å². The number of carboxylic acids is 1. The third-order valence-corrected chi connectivity index (χ3v) is 26.2. The van der Waals surface area contributed by atoms with Gasteiger partial charge in [-0.1, -0.05) is 121 Å². The summed E-state index contributed by atoms with van der Waals surface area (Å²) >= 11 is 0. The second-order valence-corrected chi connectivity index (χ2v) is 29.4. The molecule has 0 bridgehead atoms. The second-order valence-electron chi connectivity index (χ2n) is 18.5. The van der Waals surface area contributed by atoms with Gasteiger partial charge >= 0.3 is 5.97 Å². The van der Waals surface area contributed by atoms with Crippen molar-refractivity contribution >= 4 is 22.6 Å². The highest BCUT2D eigenvalue weighted by Crippen LogP contribution is 2.60. The van der Waals surface area contributed by atoms with Gasteiger partial charge in [-0.15, -0.1) is 0 Å². The molecule has 2 N–H and O–H groups in total. The molecule has 3 aliphatic rings. The number of aliphatic hydroxyl groups excluding tert-OH is 1. The van der Waals surface area contributed by atoms with E-state index >= 15 is 0 Å². The lowest BCUT2D eigenvalue weighted by atomic mass is 9.60. The SMILES string of the molecule is C=C1C(=CC=C2CCC[C@]3(C)[C@@H]([C@H](C)CC(O)C(=O)O)CC[C@@H]23)C[C@@H](O[Si](C(C)C)(C(C)C)C(C)C)C[C@@H]1O[Si](C(C)C)(C(C)C)C(C)C. The Balaban J connectivity index is 2.03. The van der Waals surface area contributed by atoms with Crippen LogP contribution in [-0.4, -0.2) is 51.1 Å². The van der Waals surface area contributed by atoms with Crippen molar-refractivity contribution in [2.75, 3.05) is 0 Å². The molecule has 282 valence electrons. The quantitative estimate of drug-likeness (QED) is 0.165. The number of fused-ring (bicyclic) bond motifs is 1. The predicted octanol–water partition coefficient (Wildman–Crippen LogP) is 12.0. The molecule has 7 heteroatoms. The molecule has 0 amide bonds. The number of aliphatic hydroxyl groups is 1. The number of rotatable bonds is 15. The largest absolute Gasteiger partial charge is 0.479 e. The van der Waals surface area contributed by atoms with Crippen LogP contribution in [0.4, 0.5) is 0 Å². The molecule has 1 unspecified atom stereocenters. The van der Waals surface area contributed by atoms with Gasteiger partial charge < -0.3 is 19.1 Å². The van der Waals surface area contributed by atoms with Crippen molar-refractivity contribution in [3.05, 3.63) is 35.5 Å². The van der Waals surface area contributed by atoms with Crippen LogP contribution in [-0.2, 0) is 13.6 Å². The fourth-order valence-electron chi connectivity index (χ4n) is 11.8. The van der Waals surface area contributed by atoms with Crippen LogP contribution in [0, 0.1) is 23.2 Å². The van der Waals surface area contributed by atoms with Crippen molar-refractivity contribution in [3.63, 3.8) is 0 Å². The Labute approximate surface area is 304 Å². The first-order valence-electron chi connectivity index (χ1n) is 20.0. The third-order valence-electron chi connectivity index (χ3n) is 14.0. The summed E-state index contributed by atoms with van der Waals surface area (Å²) in [7, 11) is -4.27. The maximum atomic E-state index is 11.4. The molecule has 0 radical (unpaired) electrons. The van der Waals surface area contributed by atoms with Gasteiger partial charge in [0, 0.05) is 6.42 Å². The lowest BCUT2D eigenvalue weighted by Gasteiger charge is -2.49. The number of allylic oxidation sites excluding steroid dienone is 3. The molecule has 3 fully saturated rings. The minimum atomic E-state index is -2.16. The van der Waals surface area contributed by atoms with E-state index in [1.54, 1.807) is 0 Å². The van der Waals surface area contributed by atoms with E-state index in [2.05, 4.69) is 109 Å². The highest BCUT2D eigenvalue weighted by Gasteiger charge is 2.52. The van der Waals surface area contributed by atoms with E-state index < -0.39 is 28.7 Å². The zero-order valence-electron chi connectivity index (χ0n) is 34.1. The van der Waals surface area contributed by atoms with E-state index in [9.17, 15) is 15.0 Å². The first-order valence-corrected chi connectivity index (χ1v) is 24.3. The van der Waals surface area contributed by atoms with E-state index in [-0.39, 0.29) is 23.5 Å². The summed E-state index contributed by atoms with van der Waals surface area (Å²) in [5.41, 5.74) is 7.20. The van der Waals surface area contributed by atoms with E-state index in [1.807, 2.05) is 0 Å². The Morgan fingerprint density at radius 3 is 1.86 bits per heavy atom. The predicted molar refractivity (Wildman–Crippen MR) is 212 cm³/mol. The number of hydrogen-bond donors (Lipinski definition) is 2. The number of carboxylic acid groups (broad SMARTS) is 1. The summed E-state index contributed by atoms with van der Waals surface area (Å²) < 4.78 is 15.1. The summed E-state index contributed by atoms with van der Waals surface area (Å²) in [6.07, 6.45) is 11.4. The lowest BCUT2D eigenvalue weighted by Crippen LogP contribution is -2.54. The standard InChI is InChI=1S/C42H76O5Si2/c1-26(2)48(27(3)4,28(5)6)46-36-24-35(33(14)40(25-36)47-49(29(7)8,30(9)10)31(11)12)19-18-34-17-16-22-42(15)37(20-21-38(34)42)32(13)23-39(43)41(44)45/h18-19,26-32,36-40,43H,14,16-17,20-25H2,1-13,15H3,(H,44,45)/t32-,36-,37-,38+,39?,40+,42-/m1/s1. The summed E-state index contributed by atoms with van der Waals surface area (Å²) in [4.78, 5) is 11.4. The van der Waals surface area contributed by atoms with Crippen LogP contribution in [0.5, 0.6) is 0 Å². The summed E-state index contributed by atoms with van der Waals surface area (Å²) in [6, 6.07) is 0. The van der Waals surface area contributed by atoms with Crippen LogP contribution in [0.1, 0.15) is 148 Å². The molecule has 0 saturated heterocycles. The molecule has 3 saturated carbocycles. The fourth-order valence-corrected chi connectivity index (χ4v) is 22.9. The van der Waals surface area contributed by atoms with E-state index in [4.69, 9.17) is 15.4 Å². The summed E-state index contributed by atoms with van der Waals surface area (Å²) in [6.45, 7) is 37.9. The summed E-state index contributed by atoms with van der Waals surface area (Å²) in [5.74, 6) is -0.0168. The van der Waals surface area contributed by atoms with Gasteiger partial charge in [-0.3, -0.25) is 0 Å². The number of carbonyl (C=O) groups is 1. The Kier molecular flexibility index (Phi) is 14.5. The van der Waals surface area contributed by atoms with Gasteiger partial charge in [0.1, 0.15) is 0 Å². The normalized spacial score (nSPS) is 30.1. The lowest BCUT2D eigenvalue weighted by molar-refractivity contribution is -0.147. The molecule has 3 rings (SSSR count). The highest BCUT2D eigenvalue weighted by atomic mass is 28.4. The number of hydrogen-bond acceptors (Lipinski definition) is 4. The smallest absolute Gasteiger partial charge is 0.332 e. The summed E-state index contributed by atoms with van der Waals surface area (Å²) in [5, 5.41) is 19.5. The molecular weight excluding hydrogens is 641 g/mol. The zero-order chi connectivity index (χ0) is 37.2. The average Bonchev–Trinajstić information content (AvgIpc) is 3.35. The highest BCUT2D eigenvalue weighted by molar-refractivity contribution is 6.78. The molecule has 49 heavy (non-hydrogen) atoms. The van der Waals surface area contributed by atoms with Crippen molar-refractivity contribution < 1.29 is 23.9 Å².